The van der Waals surface area contributed by atoms with Gasteiger partial charge in [0.15, 0.2) is 0 Å². The molecule has 0 aliphatic heterocycles. The third kappa shape index (κ3) is 3.75. The smallest absolute Gasteiger partial charge is 0.337 e. The van der Waals surface area contributed by atoms with E-state index in [-0.39, 0.29) is 5.97 Å². The molecule has 2 aromatic rings. The van der Waals surface area contributed by atoms with Gasteiger partial charge >= 0.3 is 5.97 Å². The highest BCUT2D eigenvalue weighted by Gasteiger charge is 2.14. The summed E-state index contributed by atoms with van der Waals surface area (Å²) in [6.45, 7) is 1.95. The van der Waals surface area contributed by atoms with Gasteiger partial charge in [0.05, 0.1) is 18.4 Å². The first-order valence-electron chi connectivity index (χ1n) is 8.58. The molecule has 1 aromatic carbocycles. The van der Waals surface area contributed by atoms with Crippen LogP contribution in [0.1, 0.15) is 59.6 Å². The number of aromatic nitrogens is 1. The van der Waals surface area contributed by atoms with Crippen molar-refractivity contribution in [3.05, 3.63) is 53.3 Å². The molecule has 0 amide bonds. The summed E-state index contributed by atoms with van der Waals surface area (Å²) in [4.78, 5) is 16.1. The Hall–Kier alpha value is -2.36. The van der Waals surface area contributed by atoms with Gasteiger partial charge in [0.1, 0.15) is 0 Å². The van der Waals surface area contributed by atoms with Crippen molar-refractivity contribution < 1.29 is 9.53 Å². The number of benzene rings is 1. The Morgan fingerprint density at radius 3 is 2.75 bits per heavy atom. The third-order valence-electron chi connectivity index (χ3n) is 4.70. The highest BCUT2D eigenvalue weighted by molar-refractivity contribution is 5.90. The molecule has 126 valence electrons. The fourth-order valence-electron chi connectivity index (χ4n) is 3.30. The fraction of sp³-hybridized carbons (Fsp3) is 0.400. The van der Waals surface area contributed by atoms with Gasteiger partial charge in [-0.1, -0.05) is 19.3 Å². The molecule has 0 atom stereocenters. The van der Waals surface area contributed by atoms with Gasteiger partial charge in [-0.05, 0) is 49.6 Å². The number of methoxy groups -OCH3 is 1. The summed E-state index contributed by atoms with van der Waals surface area (Å²) in [5, 5.41) is 0. The summed E-state index contributed by atoms with van der Waals surface area (Å²) in [7, 11) is 1.39. The lowest BCUT2D eigenvalue weighted by molar-refractivity contribution is 0.0600. The first kappa shape index (κ1) is 16.5. The number of hydrogen-bond donors (Lipinski definition) is 0. The van der Waals surface area contributed by atoms with Gasteiger partial charge in [-0.15, -0.1) is 0 Å². The van der Waals surface area contributed by atoms with Crippen molar-refractivity contribution in [1.82, 2.24) is 4.57 Å². The lowest BCUT2D eigenvalue weighted by atomic mass is 9.95. The number of aryl methyl sites for hydroxylation is 1. The molecular weight excluding hydrogens is 300 g/mol. The minimum atomic E-state index is -0.321. The van der Waals surface area contributed by atoms with Crippen molar-refractivity contribution >= 4 is 17.9 Å². The summed E-state index contributed by atoms with van der Waals surface area (Å²) < 4.78 is 7.07. The van der Waals surface area contributed by atoms with Crippen LogP contribution in [0.25, 0.3) is 0 Å². The van der Waals surface area contributed by atoms with E-state index < -0.39 is 0 Å². The molecule has 1 aliphatic carbocycles. The second-order valence-electron chi connectivity index (χ2n) is 6.43. The highest BCUT2D eigenvalue weighted by atomic mass is 16.5. The molecule has 0 saturated heterocycles. The topological polar surface area (TPSA) is 43.6 Å². The molecule has 24 heavy (non-hydrogen) atoms. The van der Waals surface area contributed by atoms with Crippen LogP contribution in [0.3, 0.4) is 0 Å². The van der Waals surface area contributed by atoms with Crippen LogP contribution in [-0.2, 0) is 4.74 Å². The predicted molar refractivity (Wildman–Crippen MR) is 96.3 cm³/mol. The van der Waals surface area contributed by atoms with Gasteiger partial charge in [-0.2, -0.15) is 0 Å². The van der Waals surface area contributed by atoms with E-state index >= 15 is 0 Å². The molecule has 1 aromatic heterocycles. The van der Waals surface area contributed by atoms with Gasteiger partial charge in [0.2, 0.25) is 0 Å². The van der Waals surface area contributed by atoms with Crippen molar-refractivity contribution in [3.63, 3.8) is 0 Å². The quantitative estimate of drug-likeness (QED) is 0.596. The lowest BCUT2D eigenvalue weighted by Crippen LogP contribution is -2.10. The normalized spacial score (nSPS) is 15.8. The summed E-state index contributed by atoms with van der Waals surface area (Å²) in [5.41, 5.74) is 3.49. The fourth-order valence-corrected chi connectivity index (χ4v) is 3.30. The maximum Gasteiger partial charge on any atom is 0.337 e. The number of esters is 1. The molecule has 1 aliphatic rings. The van der Waals surface area contributed by atoms with E-state index in [1.54, 1.807) is 6.07 Å². The van der Waals surface area contributed by atoms with E-state index in [1.807, 2.05) is 25.3 Å². The first-order valence-corrected chi connectivity index (χ1v) is 8.58. The number of carbonyl (C=O) groups is 1. The van der Waals surface area contributed by atoms with Crippen LogP contribution in [0.15, 0.2) is 41.7 Å². The maximum atomic E-state index is 11.5. The Morgan fingerprint density at radius 1 is 1.25 bits per heavy atom. The third-order valence-corrected chi connectivity index (χ3v) is 4.70. The van der Waals surface area contributed by atoms with Crippen LogP contribution in [0.5, 0.6) is 0 Å². The minimum Gasteiger partial charge on any atom is -0.465 e. The Kier molecular flexibility index (Phi) is 5.14. The number of rotatable bonds is 4. The van der Waals surface area contributed by atoms with E-state index in [0.29, 0.717) is 11.6 Å². The Labute approximate surface area is 143 Å². The molecule has 0 radical (unpaired) electrons. The van der Waals surface area contributed by atoms with E-state index in [9.17, 15) is 4.79 Å². The van der Waals surface area contributed by atoms with E-state index in [4.69, 9.17) is 4.74 Å². The Balaban J connectivity index is 1.71. The summed E-state index contributed by atoms with van der Waals surface area (Å²) in [6, 6.07) is 8.17. The number of nitrogens with zero attached hydrogens (tertiary/aromatic N) is 2. The molecule has 1 saturated carbocycles. The summed E-state index contributed by atoms with van der Waals surface area (Å²) >= 11 is 0. The van der Waals surface area contributed by atoms with Crippen molar-refractivity contribution in [2.45, 2.75) is 45.1 Å². The van der Waals surface area contributed by atoms with Gasteiger partial charge in [0, 0.05) is 30.2 Å². The van der Waals surface area contributed by atoms with Crippen molar-refractivity contribution in [1.29, 1.82) is 0 Å². The first-order chi connectivity index (χ1) is 11.7. The molecule has 0 bridgehead atoms. The summed E-state index contributed by atoms with van der Waals surface area (Å²) in [6.07, 6.45) is 12.8. The van der Waals surface area contributed by atoms with Crippen LogP contribution in [0.2, 0.25) is 0 Å². The molecule has 0 N–H and O–H groups in total. The Morgan fingerprint density at radius 2 is 2.04 bits per heavy atom. The molecule has 0 spiro atoms. The predicted octanol–water partition coefficient (Wildman–Crippen LogP) is 4.84. The molecule has 3 rings (SSSR count). The molecule has 1 fully saturated rings. The second-order valence-corrected chi connectivity index (χ2v) is 6.43. The molecule has 0 unspecified atom stereocenters. The van der Waals surface area contributed by atoms with Crippen LogP contribution in [0.4, 0.5) is 5.69 Å². The molecule has 1 heterocycles. The number of ether oxygens (including phenoxy) is 1. The average Bonchev–Trinajstić information content (AvgIpc) is 3.09. The van der Waals surface area contributed by atoms with Crippen LogP contribution in [-0.4, -0.2) is 23.9 Å². The zero-order valence-electron chi connectivity index (χ0n) is 14.4. The number of hydrogen-bond acceptors (Lipinski definition) is 3. The number of carbonyl (C=O) groups excluding carboxylic acids is 1. The number of aliphatic imine (C=N–C) groups is 1. The largest absolute Gasteiger partial charge is 0.465 e. The highest BCUT2D eigenvalue weighted by Crippen LogP contribution is 2.28. The second kappa shape index (κ2) is 7.47. The molecule has 4 nitrogen and oxygen atoms in total. The summed E-state index contributed by atoms with van der Waals surface area (Å²) in [5.74, 6) is -0.321. The standard InChI is InChI=1S/C20H24N2O2/c1-15-12-17(20(23)24-2)8-9-19(15)21-13-16-10-11-22(14-16)18-6-4-3-5-7-18/h8-14,18H,3-7H2,1-2H3. The zero-order chi connectivity index (χ0) is 16.9. The van der Waals surface area contributed by atoms with E-state index in [1.165, 1.54) is 39.2 Å². The van der Waals surface area contributed by atoms with Crippen LogP contribution < -0.4 is 0 Å². The van der Waals surface area contributed by atoms with Crippen LogP contribution in [0, 0.1) is 6.92 Å². The average molecular weight is 324 g/mol. The zero-order valence-corrected chi connectivity index (χ0v) is 14.4. The van der Waals surface area contributed by atoms with E-state index in [0.717, 1.165) is 16.8 Å². The van der Waals surface area contributed by atoms with Crippen molar-refractivity contribution in [3.8, 4) is 0 Å². The SMILES string of the molecule is COC(=O)c1ccc(N=Cc2ccn(C3CCCCC3)c2)c(C)c1. The van der Waals surface area contributed by atoms with Gasteiger partial charge in [-0.25, -0.2) is 4.79 Å². The molecule has 4 heteroatoms. The van der Waals surface area contributed by atoms with Gasteiger partial charge in [-0.3, -0.25) is 4.99 Å². The molecular formula is C20H24N2O2. The van der Waals surface area contributed by atoms with Crippen LogP contribution >= 0.6 is 0 Å². The lowest BCUT2D eigenvalue weighted by Gasteiger charge is -2.23. The van der Waals surface area contributed by atoms with Gasteiger partial charge in [0.25, 0.3) is 0 Å². The van der Waals surface area contributed by atoms with Crippen molar-refractivity contribution in [2.24, 2.45) is 4.99 Å². The maximum absolute atomic E-state index is 11.5. The Bertz CT molecular complexity index is 740. The van der Waals surface area contributed by atoms with E-state index in [2.05, 4.69) is 28.0 Å². The van der Waals surface area contributed by atoms with Crippen molar-refractivity contribution in [2.75, 3.05) is 7.11 Å². The van der Waals surface area contributed by atoms with Gasteiger partial charge < -0.3 is 9.30 Å². The monoisotopic (exact) mass is 324 g/mol. The minimum absolute atomic E-state index is 0.321.